The first-order chi connectivity index (χ1) is 8.51. The molecule has 1 aliphatic carbocycles. The Morgan fingerprint density at radius 3 is 1.42 bits per heavy atom. The molecule has 0 amide bonds. The molecule has 0 radical (unpaired) electrons. The van der Waals surface area contributed by atoms with Crippen molar-refractivity contribution in [3.63, 3.8) is 0 Å². The van der Waals surface area contributed by atoms with Gasteiger partial charge in [-0.15, -0.1) is 0 Å². The fraction of sp³-hybridized carbons (Fsp3) is 0.750. The molecule has 11 heteroatoms. The molecule has 2 aliphatic rings. The normalized spacial score (nSPS) is 35.9. The minimum absolute atomic E-state index is 0.585. The summed E-state index contributed by atoms with van der Waals surface area (Å²) in [6.45, 7) is 0. The molecule has 0 aromatic rings. The number of fused-ring (bicyclic) bond motifs is 1. The third-order valence-electron chi connectivity index (χ3n) is 3.44. The van der Waals surface area contributed by atoms with Crippen molar-refractivity contribution in [1.29, 1.82) is 0 Å². The molecule has 1 saturated carbocycles. The van der Waals surface area contributed by atoms with Crippen LogP contribution in [0, 0.1) is 11.8 Å². The van der Waals surface area contributed by atoms with Gasteiger partial charge in [-0.25, -0.2) is 0 Å². The van der Waals surface area contributed by atoms with E-state index in [1.54, 1.807) is 0 Å². The monoisotopic (exact) mass is 314 g/mol. The first-order valence-electron chi connectivity index (χ1n) is 5.20. The fourth-order valence-electron chi connectivity index (χ4n) is 2.53. The Balaban J connectivity index is 2.44. The second-order valence-electron chi connectivity index (χ2n) is 4.53. The lowest BCUT2D eigenvalue weighted by Gasteiger charge is -2.31. The molecule has 2 fully saturated rings. The fourth-order valence-corrected chi connectivity index (χ4v) is 5.26. The summed E-state index contributed by atoms with van der Waals surface area (Å²) in [4.78, 5) is 22.6. The molecule has 4 atom stereocenters. The van der Waals surface area contributed by atoms with E-state index < -0.39 is 67.4 Å². The number of rotatable bonds is 2. The molecule has 1 aliphatic heterocycles. The van der Waals surface area contributed by atoms with Gasteiger partial charge in [-0.3, -0.25) is 18.7 Å². The van der Waals surface area contributed by atoms with Crippen LogP contribution in [0.25, 0.3) is 0 Å². The van der Waals surface area contributed by atoms with Crippen LogP contribution < -0.4 is 0 Å². The van der Waals surface area contributed by atoms with Crippen LogP contribution in [0.3, 0.4) is 0 Å². The van der Waals surface area contributed by atoms with Crippen LogP contribution in [0.2, 0.25) is 0 Å². The van der Waals surface area contributed by atoms with Crippen molar-refractivity contribution in [2.45, 2.75) is 23.3 Å². The summed E-state index contributed by atoms with van der Waals surface area (Å²) < 4.78 is 67.0. The first-order valence-corrected chi connectivity index (χ1v) is 8.20. The van der Waals surface area contributed by atoms with Crippen molar-refractivity contribution in [3.8, 4) is 0 Å². The van der Waals surface area contributed by atoms with Gasteiger partial charge in [-0.1, -0.05) is 0 Å². The molecule has 4 unspecified atom stereocenters. The first kappa shape index (κ1) is 14.4. The van der Waals surface area contributed by atoms with E-state index in [9.17, 15) is 26.4 Å². The minimum atomic E-state index is -4.80. The Bertz CT molecular complexity index is 575. The Morgan fingerprint density at radius 2 is 1.16 bits per heavy atom. The van der Waals surface area contributed by atoms with E-state index in [1.807, 2.05) is 0 Å². The second kappa shape index (κ2) is 4.23. The Hall–Kier alpha value is -1.04. The lowest BCUT2D eigenvalue weighted by atomic mass is 9.80. The van der Waals surface area contributed by atoms with Crippen molar-refractivity contribution in [2.75, 3.05) is 0 Å². The van der Waals surface area contributed by atoms with E-state index >= 15 is 0 Å². The summed E-state index contributed by atoms with van der Waals surface area (Å²) in [5.74, 6) is -4.12. The van der Waals surface area contributed by atoms with Crippen LogP contribution in [0.15, 0.2) is 0 Å². The van der Waals surface area contributed by atoms with Crippen LogP contribution in [-0.2, 0) is 34.6 Å². The summed E-state index contributed by atoms with van der Waals surface area (Å²) in [7, 11) is -9.59. The molecule has 9 nitrogen and oxygen atoms in total. The number of hydrogen-bond donors (Lipinski definition) is 2. The van der Waals surface area contributed by atoms with Crippen molar-refractivity contribution in [2.24, 2.45) is 11.8 Å². The maximum Gasteiger partial charge on any atom is 0.317 e. The highest BCUT2D eigenvalue weighted by molar-refractivity contribution is 7.90. The quantitative estimate of drug-likeness (QED) is 0.356. The van der Waals surface area contributed by atoms with Crippen LogP contribution in [-0.4, -0.2) is 48.4 Å². The van der Waals surface area contributed by atoms with Crippen molar-refractivity contribution in [1.82, 2.24) is 0 Å². The summed E-state index contributed by atoms with van der Waals surface area (Å²) >= 11 is 0. The largest absolute Gasteiger partial charge is 0.393 e. The minimum Gasteiger partial charge on any atom is -0.393 e. The molecule has 0 aromatic heterocycles. The maximum atomic E-state index is 11.3. The summed E-state index contributed by atoms with van der Waals surface area (Å²) in [6.07, 6.45) is -1.17. The number of hydrogen-bond acceptors (Lipinski definition) is 7. The SMILES string of the molecule is O=C1OC(=O)C2CC(S(=O)(=O)O)C(S(=O)(=O)O)CC12. The molecular weight excluding hydrogens is 304 g/mol. The second-order valence-corrected chi connectivity index (χ2v) is 7.80. The van der Waals surface area contributed by atoms with Crippen LogP contribution in [0.4, 0.5) is 0 Å². The van der Waals surface area contributed by atoms with Gasteiger partial charge in [-0.05, 0) is 12.8 Å². The molecule has 19 heavy (non-hydrogen) atoms. The number of esters is 2. The van der Waals surface area contributed by atoms with Gasteiger partial charge >= 0.3 is 11.9 Å². The standard InChI is InChI=1S/C8H10O9S2/c9-7-3-1-5(18(11,12)13)6(19(14,15)16)2-4(3)8(10)17-7/h3-6H,1-2H2,(H,11,12,13)(H,14,15,16). The highest BCUT2D eigenvalue weighted by Gasteiger charge is 2.56. The predicted octanol–water partition coefficient (Wildman–Crippen LogP) is -1.39. The molecular formula is C8H10O9S2. The average Bonchev–Trinajstić information content (AvgIpc) is 2.50. The molecule has 0 aromatic carbocycles. The zero-order valence-electron chi connectivity index (χ0n) is 9.29. The van der Waals surface area contributed by atoms with Gasteiger partial charge in [0.2, 0.25) is 0 Å². The number of carbonyl (C=O) groups is 2. The Morgan fingerprint density at radius 1 is 0.842 bits per heavy atom. The zero-order valence-corrected chi connectivity index (χ0v) is 10.9. The smallest absolute Gasteiger partial charge is 0.317 e. The molecule has 108 valence electrons. The van der Waals surface area contributed by atoms with Crippen LogP contribution >= 0.6 is 0 Å². The molecule has 0 spiro atoms. The van der Waals surface area contributed by atoms with Crippen molar-refractivity contribution < 1.29 is 40.3 Å². The number of ether oxygens (including phenoxy) is 1. The molecule has 2 N–H and O–H groups in total. The zero-order chi connectivity index (χ0) is 14.6. The van der Waals surface area contributed by atoms with Gasteiger partial charge in [0.25, 0.3) is 20.2 Å². The van der Waals surface area contributed by atoms with E-state index in [-0.39, 0.29) is 0 Å². The van der Waals surface area contributed by atoms with E-state index in [0.717, 1.165) is 0 Å². The van der Waals surface area contributed by atoms with Crippen molar-refractivity contribution >= 4 is 32.2 Å². The highest BCUT2D eigenvalue weighted by atomic mass is 32.2. The average molecular weight is 314 g/mol. The number of carbonyl (C=O) groups excluding carboxylic acids is 2. The highest BCUT2D eigenvalue weighted by Crippen LogP contribution is 2.41. The van der Waals surface area contributed by atoms with E-state index in [4.69, 9.17) is 9.11 Å². The van der Waals surface area contributed by atoms with Gasteiger partial charge in [0.1, 0.15) is 10.5 Å². The van der Waals surface area contributed by atoms with Crippen molar-refractivity contribution in [3.05, 3.63) is 0 Å². The predicted molar refractivity (Wildman–Crippen MR) is 58.0 cm³/mol. The van der Waals surface area contributed by atoms with E-state index in [0.29, 0.717) is 0 Å². The lowest BCUT2D eigenvalue weighted by molar-refractivity contribution is -0.153. The van der Waals surface area contributed by atoms with Gasteiger partial charge in [0, 0.05) is 0 Å². The Labute approximate surface area is 108 Å². The van der Waals surface area contributed by atoms with Gasteiger partial charge < -0.3 is 4.74 Å². The molecule has 1 saturated heterocycles. The van der Waals surface area contributed by atoms with Crippen LogP contribution in [0.5, 0.6) is 0 Å². The maximum absolute atomic E-state index is 11.3. The number of cyclic esters (lactones) is 2. The third-order valence-corrected chi connectivity index (χ3v) is 6.19. The molecule has 1 heterocycles. The third kappa shape index (κ3) is 2.50. The van der Waals surface area contributed by atoms with E-state index in [1.165, 1.54) is 0 Å². The Kier molecular flexibility index (Phi) is 3.20. The summed E-state index contributed by atoms with van der Waals surface area (Å²) in [6, 6.07) is 0. The lowest BCUT2D eigenvalue weighted by Crippen LogP contribution is -2.48. The van der Waals surface area contributed by atoms with Gasteiger partial charge in [0.05, 0.1) is 11.8 Å². The van der Waals surface area contributed by atoms with Gasteiger partial charge in [-0.2, -0.15) is 16.8 Å². The molecule has 0 bridgehead atoms. The molecule has 2 rings (SSSR count). The summed E-state index contributed by atoms with van der Waals surface area (Å²) in [5.41, 5.74) is 0. The van der Waals surface area contributed by atoms with E-state index in [2.05, 4.69) is 4.74 Å². The topological polar surface area (TPSA) is 152 Å². The van der Waals surface area contributed by atoms with Crippen LogP contribution in [0.1, 0.15) is 12.8 Å². The summed E-state index contributed by atoms with van der Waals surface area (Å²) in [5, 5.41) is -3.72. The van der Waals surface area contributed by atoms with Gasteiger partial charge in [0.15, 0.2) is 0 Å².